The van der Waals surface area contributed by atoms with Crippen LogP contribution in [0.5, 0.6) is 11.5 Å². The van der Waals surface area contributed by atoms with Gasteiger partial charge in [-0.05, 0) is 44.3 Å². The van der Waals surface area contributed by atoms with Gasteiger partial charge in [0.25, 0.3) is 0 Å². The van der Waals surface area contributed by atoms with E-state index in [9.17, 15) is 10.2 Å². The van der Waals surface area contributed by atoms with Gasteiger partial charge in [-0.15, -0.1) is 0 Å². The van der Waals surface area contributed by atoms with E-state index in [1.165, 1.54) is 11.1 Å². The van der Waals surface area contributed by atoms with Crippen LogP contribution in [0, 0.1) is 5.92 Å². The Balaban J connectivity index is 0.000000545. The number of hydrogen-bond donors (Lipinski definition) is 4. The lowest BCUT2D eigenvalue weighted by Crippen LogP contribution is -2.64. The SMILES string of the molecule is CN1CC[C@]23c4c5ccc(O)c4O[C@H]2[C@@H](O)C=C[C@H]3[C@H]1C5.CS.N. The fourth-order valence-corrected chi connectivity index (χ4v) is 5.24. The van der Waals surface area contributed by atoms with Crippen molar-refractivity contribution in [3.8, 4) is 11.5 Å². The first kappa shape index (κ1) is 17.6. The van der Waals surface area contributed by atoms with Crippen LogP contribution >= 0.6 is 12.6 Å². The van der Waals surface area contributed by atoms with E-state index in [0.717, 1.165) is 19.4 Å². The zero-order valence-electron chi connectivity index (χ0n) is 14.1. The Labute approximate surface area is 148 Å². The Morgan fingerprint density at radius 1 is 1.29 bits per heavy atom. The van der Waals surface area contributed by atoms with Crippen LogP contribution < -0.4 is 10.9 Å². The summed E-state index contributed by atoms with van der Waals surface area (Å²) in [4.78, 5) is 2.43. The van der Waals surface area contributed by atoms with E-state index in [-0.39, 0.29) is 23.4 Å². The number of rotatable bonds is 0. The number of aliphatic hydroxyl groups is 1. The standard InChI is InChI=1S/C17H19NO3.CH4S.H3N/c1-18-7-6-17-10-3-5-13(20)16(17)21-15-12(19)4-2-9(14(15)17)8-11(10)18;1-2;/h2-5,10-11,13,16,19-20H,6-8H2,1H3;2H,1H3;1H3/t10-,11+,13-,16-,17-;;/m0../s1. The Bertz CT molecular complexity index is 680. The average Bonchev–Trinajstić information content (AvgIpc) is 2.92. The van der Waals surface area contributed by atoms with Crippen molar-refractivity contribution in [2.45, 2.75) is 36.5 Å². The number of aromatic hydroxyl groups is 1. The van der Waals surface area contributed by atoms with Gasteiger partial charge >= 0.3 is 0 Å². The summed E-state index contributed by atoms with van der Waals surface area (Å²) in [5.41, 5.74) is 2.29. The first-order chi connectivity index (χ1) is 11.1. The van der Waals surface area contributed by atoms with Crippen molar-refractivity contribution in [3.63, 3.8) is 0 Å². The second-order valence-electron chi connectivity index (χ2n) is 6.93. The normalized spacial score (nSPS) is 37.5. The number of thiol groups is 1. The van der Waals surface area contributed by atoms with E-state index >= 15 is 0 Å². The minimum Gasteiger partial charge on any atom is -0.504 e. The quantitative estimate of drug-likeness (QED) is 0.424. The van der Waals surface area contributed by atoms with Crippen molar-refractivity contribution in [2.75, 3.05) is 19.8 Å². The molecule has 0 aromatic heterocycles. The molecular formula is C18H26N2O3S. The average molecular weight is 350 g/mol. The molecule has 1 spiro atoms. The first-order valence-corrected chi connectivity index (χ1v) is 9.05. The maximum Gasteiger partial charge on any atom is 0.165 e. The minimum absolute atomic E-state index is 0. The molecule has 5 nitrogen and oxygen atoms in total. The summed E-state index contributed by atoms with van der Waals surface area (Å²) >= 11 is 3.53. The first-order valence-electron chi connectivity index (χ1n) is 8.16. The summed E-state index contributed by atoms with van der Waals surface area (Å²) in [5, 5.41) is 20.6. The van der Waals surface area contributed by atoms with Gasteiger partial charge in [-0.25, -0.2) is 0 Å². The highest BCUT2D eigenvalue weighted by atomic mass is 32.1. The number of phenols is 1. The third-order valence-corrected chi connectivity index (χ3v) is 6.15. The molecule has 0 radical (unpaired) electrons. The number of benzene rings is 1. The minimum atomic E-state index is -0.594. The molecule has 0 unspecified atom stereocenters. The number of hydrogen-bond acceptors (Lipinski definition) is 6. The maximum absolute atomic E-state index is 10.4. The summed E-state index contributed by atoms with van der Waals surface area (Å²) in [6.07, 6.45) is 6.87. The largest absolute Gasteiger partial charge is 0.504 e. The summed E-state index contributed by atoms with van der Waals surface area (Å²) in [6, 6.07) is 4.23. The zero-order chi connectivity index (χ0) is 16.4. The fourth-order valence-electron chi connectivity index (χ4n) is 5.24. The summed E-state index contributed by atoms with van der Waals surface area (Å²) in [6.45, 7) is 1.01. The van der Waals surface area contributed by atoms with Crippen molar-refractivity contribution < 1.29 is 14.9 Å². The van der Waals surface area contributed by atoms with Gasteiger partial charge in [-0.1, -0.05) is 18.2 Å². The monoisotopic (exact) mass is 350 g/mol. The van der Waals surface area contributed by atoms with E-state index in [1.54, 1.807) is 12.3 Å². The van der Waals surface area contributed by atoms with E-state index in [0.29, 0.717) is 17.7 Å². The lowest BCUT2D eigenvalue weighted by atomic mass is 9.53. The molecule has 2 bridgehead atoms. The lowest BCUT2D eigenvalue weighted by molar-refractivity contribution is -0.0453. The molecule has 5 atom stereocenters. The number of nitrogens with zero attached hydrogens (tertiary/aromatic N) is 1. The number of phenolic OH excluding ortho intramolecular Hbond substituents is 1. The molecule has 2 aliphatic carbocycles. The van der Waals surface area contributed by atoms with Crippen LogP contribution in [0.4, 0.5) is 0 Å². The number of aliphatic hydroxyl groups excluding tert-OH is 1. The molecule has 132 valence electrons. The Morgan fingerprint density at radius 2 is 2.04 bits per heavy atom. The molecule has 6 heteroatoms. The zero-order valence-corrected chi connectivity index (χ0v) is 15.0. The number of likely N-dealkylation sites (tertiary alicyclic amines) is 1. The number of piperidine rings is 1. The van der Waals surface area contributed by atoms with Gasteiger partial charge in [-0.2, -0.15) is 12.6 Å². The molecular weight excluding hydrogens is 324 g/mol. The van der Waals surface area contributed by atoms with Gasteiger partial charge in [0, 0.05) is 22.9 Å². The lowest BCUT2D eigenvalue weighted by Gasteiger charge is -2.56. The van der Waals surface area contributed by atoms with Crippen molar-refractivity contribution >= 4 is 12.6 Å². The van der Waals surface area contributed by atoms with Gasteiger partial charge in [0.15, 0.2) is 11.5 Å². The van der Waals surface area contributed by atoms with Crippen LogP contribution in [-0.2, 0) is 11.8 Å². The summed E-state index contributed by atoms with van der Waals surface area (Å²) in [5.74, 6) is 1.19. The van der Waals surface area contributed by atoms with Gasteiger partial charge in [-0.3, -0.25) is 0 Å². The number of ether oxygens (including phenoxy) is 1. The van der Waals surface area contributed by atoms with Crippen molar-refractivity contribution in [3.05, 3.63) is 35.4 Å². The molecule has 0 saturated carbocycles. The second-order valence-corrected chi connectivity index (χ2v) is 6.93. The third-order valence-electron chi connectivity index (χ3n) is 6.15. The van der Waals surface area contributed by atoms with E-state index in [4.69, 9.17) is 4.74 Å². The highest BCUT2D eigenvalue weighted by Crippen LogP contribution is 2.62. The third kappa shape index (κ3) is 1.94. The van der Waals surface area contributed by atoms with Gasteiger partial charge in [0.2, 0.25) is 0 Å². The van der Waals surface area contributed by atoms with Crippen molar-refractivity contribution in [1.82, 2.24) is 11.1 Å². The van der Waals surface area contributed by atoms with Gasteiger partial charge in [0.1, 0.15) is 12.2 Å². The van der Waals surface area contributed by atoms with Crippen LogP contribution in [0.15, 0.2) is 24.3 Å². The van der Waals surface area contributed by atoms with E-state index < -0.39 is 6.10 Å². The van der Waals surface area contributed by atoms with Crippen LogP contribution in [-0.4, -0.2) is 53.2 Å². The van der Waals surface area contributed by atoms with Crippen LogP contribution in [0.1, 0.15) is 17.5 Å². The second kappa shape index (κ2) is 5.95. The van der Waals surface area contributed by atoms with Crippen LogP contribution in [0.25, 0.3) is 0 Å². The van der Waals surface area contributed by atoms with Gasteiger partial charge < -0.3 is 26.0 Å². The Morgan fingerprint density at radius 3 is 2.79 bits per heavy atom. The fraction of sp³-hybridized carbons (Fsp3) is 0.556. The van der Waals surface area contributed by atoms with E-state index in [2.05, 4.69) is 30.7 Å². The molecule has 5 rings (SSSR count). The molecule has 0 amide bonds. The van der Waals surface area contributed by atoms with Crippen molar-refractivity contribution in [2.24, 2.45) is 5.92 Å². The van der Waals surface area contributed by atoms with Crippen molar-refractivity contribution in [1.29, 1.82) is 0 Å². The summed E-state index contributed by atoms with van der Waals surface area (Å²) in [7, 11) is 2.19. The van der Waals surface area contributed by atoms with Gasteiger partial charge in [0.05, 0.1) is 0 Å². The van der Waals surface area contributed by atoms with E-state index in [1.807, 2.05) is 12.1 Å². The predicted octanol–water partition coefficient (Wildman–Crippen LogP) is 1.91. The molecule has 4 aliphatic rings. The Hall–Kier alpha value is -1.21. The molecule has 5 N–H and O–H groups in total. The summed E-state index contributed by atoms with van der Waals surface area (Å²) < 4.78 is 6.09. The molecule has 1 aromatic rings. The molecule has 2 aliphatic heterocycles. The number of likely N-dealkylation sites (N-methyl/N-ethyl adjacent to an activating group) is 1. The maximum atomic E-state index is 10.4. The highest BCUT2D eigenvalue weighted by Gasteiger charge is 2.64. The van der Waals surface area contributed by atoms with Crippen LogP contribution in [0.2, 0.25) is 0 Å². The molecule has 1 aromatic carbocycles. The molecule has 1 fully saturated rings. The topological polar surface area (TPSA) is 87.9 Å². The highest BCUT2D eigenvalue weighted by molar-refractivity contribution is 7.79. The smallest absolute Gasteiger partial charge is 0.165 e. The predicted molar refractivity (Wildman–Crippen MR) is 97.5 cm³/mol. The Kier molecular flexibility index (Phi) is 4.36. The molecule has 2 heterocycles. The van der Waals surface area contributed by atoms with Crippen LogP contribution in [0.3, 0.4) is 0 Å². The molecule has 24 heavy (non-hydrogen) atoms. The molecule has 1 saturated heterocycles.